The van der Waals surface area contributed by atoms with Gasteiger partial charge in [0.25, 0.3) is 0 Å². The summed E-state index contributed by atoms with van der Waals surface area (Å²) in [7, 11) is 1.71. The zero-order chi connectivity index (χ0) is 16.6. The molecule has 1 fully saturated rings. The van der Waals surface area contributed by atoms with Crippen molar-refractivity contribution < 1.29 is 4.74 Å². The average Bonchev–Trinajstić information content (AvgIpc) is 2.66. The highest BCUT2D eigenvalue weighted by Gasteiger charge is 2.19. The van der Waals surface area contributed by atoms with Gasteiger partial charge in [-0.05, 0) is 18.6 Å². The molecule has 0 bridgehead atoms. The molecular weight excluding hydrogens is 304 g/mol. The molecule has 1 N–H and O–H groups in total. The number of benzene rings is 1. The largest absolute Gasteiger partial charge is 0.385 e. The van der Waals surface area contributed by atoms with Gasteiger partial charge < -0.3 is 19.9 Å². The third-order valence-electron chi connectivity index (χ3n) is 4.06. The van der Waals surface area contributed by atoms with Gasteiger partial charge in [-0.2, -0.15) is 10.1 Å². The summed E-state index contributed by atoms with van der Waals surface area (Å²) < 4.78 is 5.04. The molecule has 0 saturated carbocycles. The van der Waals surface area contributed by atoms with Crippen LogP contribution in [0.4, 0.5) is 17.5 Å². The maximum Gasteiger partial charge on any atom is 0.247 e. The molecule has 0 amide bonds. The van der Waals surface area contributed by atoms with Crippen LogP contribution >= 0.6 is 0 Å². The lowest BCUT2D eigenvalue weighted by molar-refractivity contribution is 0.197. The van der Waals surface area contributed by atoms with E-state index in [9.17, 15) is 0 Å². The molecule has 128 valence electrons. The minimum Gasteiger partial charge on any atom is -0.385 e. The molecule has 1 saturated heterocycles. The van der Waals surface area contributed by atoms with E-state index in [1.807, 2.05) is 6.07 Å². The van der Waals surface area contributed by atoms with Crippen LogP contribution in [-0.2, 0) is 4.74 Å². The zero-order valence-corrected chi connectivity index (χ0v) is 14.1. The summed E-state index contributed by atoms with van der Waals surface area (Å²) in [6.07, 6.45) is 2.60. The van der Waals surface area contributed by atoms with Gasteiger partial charge in [0, 0.05) is 52.1 Å². The Morgan fingerprint density at radius 3 is 2.58 bits per heavy atom. The number of hydrogen-bond acceptors (Lipinski definition) is 7. The molecule has 2 aromatic rings. The first kappa shape index (κ1) is 16.4. The van der Waals surface area contributed by atoms with Crippen LogP contribution in [0.5, 0.6) is 0 Å². The third kappa shape index (κ3) is 4.32. The Morgan fingerprint density at radius 2 is 1.83 bits per heavy atom. The zero-order valence-electron chi connectivity index (χ0n) is 14.1. The topological polar surface area (TPSA) is 66.4 Å². The van der Waals surface area contributed by atoms with Gasteiger partial charge in [-0.1, -0.05) is 18.2 Å². The second-order valence-corrected chi connectivity index (χ2v) is 5.72. The fourth-order valence-corrected chi connectivity index (χ4v) is 2.75. The molecule has 0 radical (unpaired) electrons. The lowest BCUT2D eigenvalue weighted by Gasteiger charge is -2.35. The molecule has 0 aliphatic carbocycles. The molecule has 3 rings (SSSR count). The molecule has 1 aliphatic heterocycles. The van der Waals surface area contributed by atoms with E-state index in [1.165, 1.54) is 5.69 Å². The molecule has 7 heteroatoms. The highest BCUT2D eigenvalue weighted by Crippen LogP contribution is 2.18. The van der Waals surface area contributed by atoms with Crippen LogP contribution in [0.3, 0.4) is 0 Å². The summed E-state index contributed by atoms with van der Waals surface area (Å²) in [5.41, 5.74) is 1.27. The van der Waals surface area contributed by atoms with Gasteiger partial charge in [0.2, 0.25) is 5.95 Å². The summed E-state index contributed by atoms with van der Waals surface area (Å²) in [6.45, 7) is 5.25. The van der Waals surface area contributed by atoms with Crippen LogP contribution < -0.4 is 15.1 Å². The van der Waals surface area contributed by atoms with E-state index < -0.39 is 0 Å². The number of methoxy groups -OCH3 is 1. The number of nitrogens with one attached hydrogen (secondary N) is 1. The van der Waals surface area contributed by atoms with Crippen molar-refractivity contribution in [2.45, 2.75) is 6.42 Å². The molecule has 1 aliphatic rings. The lowest BCUT2D eigenvalue weighted by atomic mass is 10.2. The Morgan fingerprint density at radius 1 is 1.08 bits per heavy atom. The molecule has 2 heterocycles. The van der Waals surface area contributed by atoms with Gasteiger partial charge in [0.15, 0.2) is 5.82 Å². The smallest absolute Gasteiger partial charge is 0.247 e. The van der Waals surface area contributed by atoms with Crippen LogP contribution in [0, 0.1) is 0 Å². The Labute approximate surface area is 142 Å². The SMILES string of the molecule is COCCCNc1cnnc(N2CCN(c3ccccc3)CC2)n1. The van der Waals surface area contributed by atoms with Crippen LogP contribution in [0.2, 0.25) is 0 Å². The van der Waals surface area contributed by atoms with Crippen molar-refractivity contribution in [3.63, 3.8) is 0 Å². The molecule has 24 heavy (non-hydrogen) atoms. The second-order valence-electron chi connectivity index (χ2n) is 5.72. The number of anilines is 3. The van der Waals surface area contributed by atoms with Gasteiger partial charge in [-0.3, -0.25) is 0 Å². The van der Waals surface area contributed by atoms with Crippen LogP contribution in [0.15, 0.2) is 36.5 Å². The van der Waals surface area contributed by atoms with Crippen molar-refractivity contribution in [1.29, 1.82) is 0 Å². The molecular formula is C17H24N6O. The molecule has 1 aromatic carbocycles. The van der Waals surface area contributed by atoms with Crippen LogP contribution in [0.1, 0.15) is 6.42 Å². The first-order chi connectivity index (χ1) is 11.9. The Hall–Kier alpha value is -2.41. The summed E-state index contributed by atoms with van der Waals surface area (Å²) in [5.74, 6) is 1.46. The van der Waals surface area contributed by atoms with E-state index in [0.29, 0.717) is 5.95 Å². The van der Waals surface area contributed by atoms with E-state index in [-0.39, 0.29) is 0 Å². The minimum absolute atomic E-state index is 0.694. The molecule has 0 spiro atoms. The summed E-state index contributed by atoms with van der Waals surface area (Å²) in [4.78, 5) is 9.15. The lowest BCUT2D eigenvalue weighted by Crippen LogP contribution is -2.47. The van der Waals surface area contributed by atoms with Gasteiger partial charge in [0.1, 0.15) is 0 Å². The molecule has 0 atom stereocenters. The number of aromatic nitrogens is 3. The van der Waals surface area contributed by atoms with E-state index in [4.69, 9.17) is 4.74 Å². The van der Waals surface area contributed by atoms with Gasteiger partial charge >= 0.3 is 0 Å². The highest BCUT2D eigenvalue weighted by molar-refractivity contribution is 5.48. The van der Waals surface area contributed by atoms with Crippen LogP contribution in [-0.4, -0.2) is 61.6 Å². The Bertz CT molecular complexity index is 615. The summed E-state index contributed by atoms with van der Waals surface area (Å²) in [5, 5.41) is 11.5. The Balaban J connectivity index is 1.54. The number of ether oxygens (including phenoxy) is 1. The van der Waals surface area contributed by atoms with Crippen molar-refractivity contribution in [3.05, 3.63) is 36.5 Å². The fourth-order valence-electron chi connectivity index (χ4n) is 2.75. The van der Waals surface area contributed by atoms with Crippen molar-refractivity contribution in [3.8, 4) is 0 Å². The summed E-state index contributed by atoms with van der Waals surface area (Å²) in [6, 6.07) is 10.5. The van der Waals surface area contributed by atoms with Crippen molar-refractivity contribution in [2.75, 3.05) is 61.6 Å². The molecule has 1 aromatic heterocycles. The van der Waals surface area contributed by atoms with E-state index in [2.05, 4.69) is 54.6 Å². The van der Waals surface area contributed by atoms with Crippen LogP contribution in [0.25, 0.3) is 0 Å². The Kier molecular flexibility index (Phi) is 5.79. The highest BCUT2D eigenvalue weighted by atomic mass is 16.5. The van der Waals surface area contributed by atoms with Gasteiger partial charge in [0.05, 0.1) is 6.20 Å². The normalized spacial score (nSPS) is 14.7. The number of hydrogen-bond donors (Lipinski definition) is 1. The standard InChI is InChI=1S/C17H24N6O/c1-24-13-5-8-18-16-14-19-21-17(20-16)23-11-9-22(10-12-23)15-6-3-2-4-7-15/h2-4,6-7,14H,5,8-13H2,1H3,(H,18,20,21). The molecule has 0 unspecified atom stereocenters. The maximum atomic E-state index is 5.04. The monoisotopic (exact) mass is 328 g/mol. The van der Waals surface area contributed by atoms with Crippen molar-refractivity contribution in [1.82, 2.24) is 15.2 Å². The fraction of sp³-hybridized carbons (Fsp3) is 0.471. The number of rotatable bonds is 7. The number of piperazine rings is 1. The van der Waals surface area contributed by atoms with E-state index in [0.717, 1.165) is 51.6 Å². The maximum absolute atomic E-state index is 5.04. The van der Waals surface area contributed by atoms with Crippen molar-refractivity contribution >= 4 is 17.5 Å². The quantitative estimate of drug-likeness (QED) is 0.775. The number of para-hydroxylation sites is 1. The predicted molar refractivity (Wildman–Crippen MR) is 95.7 cm³/mol. The number of nitrogens with zero attached hydrogens (tertiary/aromatic N) is 5. The van der Waals surface area contributed by atoms with E-state index in [1.54, 1.807) is 13.3 Å². The van der Waals surface area contributed by atoms with Crippen molar-refractivity contribution in [2.24, 2.45) is 0 Å². The minimum atomic E-state index is 0.694. The summed E-state index contributed by atoms with van der Waals surface area (Å²) >= 11 is 0. The average molecular weight is 328 g/mol. The third-order valence-corrected chi connectivity index (χ3v) is 4.06. The first-order valence-electron chi connectivity index (χ1n) is 8.34. The molecule has 7 nitrogen and oxygen atoms in total. The first-order valence-corrected chi connectivity index (χ1v) is 8.34. The second kappa shape index (κ2) is 8.44. The van der Waals surface area contributed by atoms with Gasteiger partial charge in [-0.15, -0.1) is 5.10 Å². The van der Waals surface area contributed by atoms with E-state index >= 15 is 0 Å². The predicted octanol–water partition coefficient (Wildman–Crippen LogP) is 1.65. The van der Waals surface area contributed by atoms with Gasteiger partial charge in [-0.25, -0.2) is 0 Å².